The van der Waals surface area contributed by atoms with Crippen molar-refractivity contribution >= 4 is 19.8 Å². The summed E-state index contributed by atoms with van der Waals surface area (Å²) in [6, 6.07) is 0. The fourth-order valence-electron chi connectivity index (χ4n) is 4.84. The second-order valence-corrected chi connectivity index (χ2v) is 12.6. The second kappa shape index (κ2) is 29.1. The van der Waals surface area contributed by atoms with Gasteiger partial charge in [0.2, 0.25) is 0 Å². The van der Waals surface area contributed by atoms with E-state index in [2.05, 4.69) is 18.4 Å². The number of phosphoric ester groups is 1. The van der Waals surface area contributed by atoms with E-state index in [4.69, 9.17) is 9.47 Å². The first-order valence-electron chi connectivity index (χ1n) is 16.8. The van der Waals surface area contributed by atoms with Gasteiger partial charge in [-0.05, 0) is 12.8 Å². The Labute approximate surface area is 251 Å². The van der Waals surface area contributed by atoms with Crippen LogP contribution in [0.25, 0.3) is 0 Å². The van der Waals surface area contributed by atoms with Gasteiger partial charge in [-0.3, -0.25) is 9.59 Å². The van der Waals surface area contributed by atoms with Crippen molar-refractivity contribution in [3.63, 3.8) is 0 Å². The van der Waals surface area contributed by atoms with Crippen LogP contribution in [0.3, 0.4) is 0 Å². The van der Waals surface area contributed by atoms with E-state index >= 15 is 0 Å². The summed E-state index contributed by atoms with van der Waals surface area (Å²) in [6.07, 6.45) is 26.5. The Kier molecular flexibility index (Phi) is 28.5. The lowest BCUT2D eigenvalue weighted by Gasteiger charge is -2.30. The minimum atomic E-state index is -5.23. The molecule has 0 spiro atoms. The number of unbranched alkanes of at least 4 members (excludes halogenated alkanes) is 21. The molecule has 0 radical (unpaired) electrons. The van der Waals surface area contributed by atoms with Gasteiger partial charge >= 0.3 is 11.9 Å². The monoisotopic (exact) mass is 604 g/mol. The van der Waals surface area contributed by atoms with E-state index in [1.807, 2.05) is 0 Å². The zero-order chi connectivity index (χ0) is 30.4. The van der Waals surface area contributed by atoms with Gasteiger partial charge in [-0.15, -0.1) is 0 Å². The number of phosphoric acid groups is 1. The van der Waals surface area contributed by atoms with Crippen LogP contribution in [0.5, 0.6) is 0 Å². The summed E-state index contributed by atoms with van der Waals surface area (Å²) >= 11 is 0. The quantitative estimate of drug-likeness (QED) is 0.0442. The number of hydrogen-bond donors (Lipinski definition) is 0. The van der Waals surface area contributed by atoms with E-state index in [0.29, 0.717) is 12.8 Å². The highest BCUT2D eigenvalue weighted by atomic mass is 31.2. The molecule has 0 aromatic heterocycles. The molecular weight excluding hydrogens is 543 g/mol. The van der Waals surface area contributed by atoms with E-state index in [1.165, 1.54) is 103 Å². The van der Waals surface area contributed by atoms with Gasteiger partial charge in [0.25, 0.3) is 0 Å². The van der Waals surface area contributed by atoms with Crippen molar-refractivity contribution in [1.29, 1.82) is 0 Å². The van der Waals surface area contributed by atoms with Crippen molar-refractivity contribution < 1.29 is 37.9 Å². The van der Waals surface area contributed by atoms with Crippen molar-refractivity contribution in [3.8, 4) is 0 Å². The highest BCUT2D eigenvalue weighted by Crippen LogP contribution is 2.25. The molecule has 1 atom stereocenters. The van der Waals surface area contributed by atoms with E-state index in [9.17, 15) is 23.9 Å². The molecule has 9 heteroatoms. The normalized spacial score (nSPS) is 12.4. The van der Waals surface area contributed by atoms with E-state index in [1.54, 1.807) is 0 Å². The van der Waals surface area contributed by atoms with Crippen LogP contribution in [0.1, 0.15) is 174 Å². The molecule has 0 rings (SSSR count). The molecule has 8 nitrogen and oxygen atoms in total. The zero-order valence-electron chi connectivity index (χ0n) is 26.4. The fourth-order valence-corrected chi connectivity index (χ4v) is 5.19. The minimum Gasteiger partial charge on any atom is -0.790 e. The van der Waals surface area contributed by atoms with Crippen molar-refractivity contribution in [2.75, 3.05) is 13.2 Å². The number of carbonyl (C=O) groups excluding carboxylic acids is 2. The number of ether oxygens (including phenoxy) is 2. The van der Waals surface area contributed by atoms with Crippen molar-refractivity contribution in [3.05, 3.63) is 0 Å². The summed E-state index contributed by atoms with van der Waals surface area (Å²) in [6.45, 7) is 3.46. The molecule has 0 aliphatic rings. The van der Waals surface area contributed by atoms with Gasteiger partial charge in [0.15, 0.2) is 6.10 Å². The third-order valence-electron chi connectivity index (χ3n) is 7.37. The van der Waals surface area contributed by atoms with Crippen LogP contribution in [-0.2, 0) is 28.2 Å². The molecule has 0 amide bonds. The van der Waals surface area contributed by atoms with Gasteiger partial charge in [-0.25, -0.2) is 0 Å². The van der Waals surface area contributed by atoms with Crippen LogP contribution in [-0.4, -0.2) is 31.3 Å². The second-order valence-electron chi connectivity index (χ2n) is 11.5. The van der Waals surface area contributed by atoms with Gasteiger partial charge in [0.1, 0.15) is 6.61 Å². The summed E-state index contributed by atoms with van der Waals surface area (Å²) in [4.78, 5) is 46.1. The Bertz CT molecular complexity index is 652. The molecule has 41 heavy (non-hydrogen) atoms. The lowest BCUT2D eigenvalue weighted by atomic mass is 10.0. The van der Waals surface area contributed by atoms with Gasteiger partial charge in [-0.1, -0.05) is 149 Å². The average Bonchev–Trinajstić information content (AvgIpc) is 2.93. The van der Waals surface area contributed by atoms with Crippen molar-refractivity contribution in [1.82, 2.24) is 0 Å². The first kappa shape index (κ1) is 40.1. The van der Waals surface area contributed by atoms with E-state index in [0.717, 1.165) is 32.1 Å². The third-order valence-corrected chi connectivity index (χ3v) is 7.83. The topological polar surface area (TPSA) is 125 Å². The number of carbonyl (C=O) groups is 2. The minimum absolute atomic E-state index is 0.186. The Morgan fingerprint density at radius 1 is 0.537 bits per heavy atom. The summed E-state index contributed by atoms with van der Waals surface area (Å²) in [7, 11) is -5.23. The van der Waals surface area contributed by atoms with Gasteiger partial charge in [-0.2, -0.15) is 0 Å². The summed E-state index contributed by atoms with van der Waals surface area (Å²) in [5.41, 5.74) is 0. The molecule has 0 saturated heterocycles. The fraction of sp³-hybridized carbons (Fsp3) is 0.938. The third kappa shape index (κ3) is 31.8. The molecule has 0 aliphatic carbocycles. The molecule has 0 unspecified atom stereocenters. The van der Waals surface area contributed by atoms with Crippen LogP contribution in [0, 0.1) is 0 Å². The Hall–Kier alpha value is -0.950. The summed E-state index contributed by atoms with van der Waals surface area (Å²) < 4.78 is 25.6. The molecule has 0 fully saturated rings. The molecule has 0 aromatic rings. The lowest BCUT2D eigenvalue weighted by molar-refractivity contribution is -0.343. The Balaban J connectivity index is 3.95. The molecule has 0 aromatic carbocycles. The summed E-state index contributed by atoms with van der Waals surface area (Å²) in [5, 5.41) is 0. The Morgan fingerprint density at radius 2 is 0.878 bits per heavy atom. The predicted molar refractivity (Wildman–Crippen MR) is 161 cm³/mol. The van der Waals surface area contributed by atoms with Gasteiger partial charge in [0, 0.05) is 12.8 Å². The molecule has 0 saturated carbocycles. The van der Waals surface area contributed by atoms with Gasteiger partial charge in [0.05, 0.1) is 14.4 Å². The van der Waals surface area contributed by atoms with Gasteiger partial charge < -0.3 is 28.3 Å². The smallest absolute Gasteiger partial charge is 0.306 e. The molecule has 0 aliphatic heterocycles. The largest absolute Gasteiger partial charge is 0.790 e. The van der Waals surface area contributed by atoms with Crippen molar-refractivity contribution in [2.45, 2.75) is 180 Å². The van der Waals surface area contributed by atoms with Crippen LogP contribution in [0.15, 0.2) is 0 Å². The molecule has 0 N–H and O–H groups in total. The Morgan fingerprint density at radius 3 is 1.24 bits per heavy atom. The standard InChI is InChI=1S/C32H63O8P/c1-3-5-7-9-11-13-14-15-16-17-19-20-22-24-26-31(33)38-28-30(29-39-41(35,36)37)40-32(34)27-25-23-21-18-12-10-8-6-4-2/h30H,3-29H2,1-2H3,(H2,35,36,37)/p-2/t30-/m1/s1. The average molecular weight is 605 g/mol. The summed E-state index contributed by atoms with van der Waals surface area (Å²) in [5.74, 6) is -0.951. The van der Waals surface area contributed by atoms with Crippen LogP contribution >= 0.6 is 7.82 Å². The van der Waals surface area contributed by atoms with E-state index in [-0.39, 0.29) is 19.4 Å². The first-order valence-corrected chi connectivity index (χ1v) is 18.3. The maximum atomic E-state index is 12.2. The molecule has 244 valence electrons. The maximum Gasteiger partial charge on any atom is 0.306 e. The maximum absolute atomic E-state index is 12.2. The highest BCUT2D eigenvalue weighted by Gasteiger charge is 2.18. The molecule has 0 bridgehead atoms. The lowest BCUT2D eigenvalue weighted by Crippen LogP contribution is -2.31. The van der Waals surface area contributed by atoms with Crippen LogP contribution in [0.2, 0.25) is 0 Å². The first-order chi connectivity index (χ1) is 19.8. The zero-order valence-corrected chi connectivity index (χ0v) is 27.3. The molecular formula is C32H61O8P-2. The number of rotatable bonds is 31. The predicted octanol–water partition coefficient (Wildman–Crippen LogP) is 8.08. The number of hydrogen-bond acceptors (Lipinski definition) is 8. The number of esters is 2. The van der Waals surface area contributed by atoms with E-state index < -0.39 is 32.5 Å². The van der Waals surface area contributed by atoms with Crippen LogP contribution < -0.4 is 9.79 Å². The van der Waals surface area contributed by atoms with Crippen LogP contribution in [0.4, 0.5) is 0 Å². The SMILES string of the molecule is CCCCCCCCCCCCCCCCC(=O)OC[C@H](COP(=O)([O-])[O-])OC(=O)CCCCCCCCCCC. The highest BCUT2D eigenvalue weighted by molar-refractivity contribution is 7.43. The van der Waals surface area contributed by atoms with Crippen molar-refractivity contribution in [2.24, 2.45) is 0 Å². The molecule has 0 heterocycles.